The summed E-state index contributed by atoms with van der Waals surface area (Å²) in [6.45, 7) is 6.99. The summed E-state index contributed by atoms with van der Waals surface area (Å²) < 4.78 is 2.56. The number of nitrogens with zero attached hydrogens (tertiary/aromatic N) is 2. The van der Waals surface area contributed by atoms with E-state index in [0.29, 0.717) is 5.41 Å². The molecule has 3 rings (SSSR count). The molecule has 0 fully saturated rings. The van der Waals surface area contributed by atoms with E-state index in [4.69, 9.17) is 0 Å². The molecular weight excluding hydrogens is 244 g/mol. The van der Waals surface area contributed by atoms with Gasteiger partial charge in [0.15, 0.2) is 0 Å². The van der Waals surface area contributed by atoms with E-state index in [2.05, 4.69) is 61.7 Å². The second-order valence-electron chi connectivity index (χ2n) is 6.70. The number of benzene rings is 1. The van der Waals surface area contributed by atoms with E-state index in [1.54, 1.807) is 11.3 Å². The molecule has 0 radical (unpaired) electrons. The minimum atomic E-state index is 0.342. The van der Waals surface area contributed by atoms with Gasteiger partial charge in [0.25, 0.3) is 0 Å². The van der Waals surface area contributed by atoms with Crippen molar-refractivity contribution in [3.63, 3.8) is 0 Å². The summed E-state index contributed by atoms with van der Waals surface area (Å²) in [5.41, 5.74) is 5.00. The number of fused-ring (bicyclic) bond motifs is 3. The molecule has 0 bridgehead atoms. The number of para-hydroxylation sites is 1. The zero-order valence-electron chi connectivity index (χ0n) is 13.2. The minimum Gasteiger partial charge on any atom is -0.344 e. The first-order valence-electron chi connectivity index (χ1n) is 7.82. The standard InChI is InChI=1S/C18H26N2/c1-5-20-16-9-7-6-8-14(16)15-10-11-18(2,17(15)20)12-13-19(3)4/h6-9H,5,10-13H2,1-4H3. The van der Waals surface area contributed by atoms with E-state index in [9.17, 15) is 0 Å². The Morgan fingerprint density at radius 1 is 1.25 bits per heavy atom. The maximum Gasteiger partial charge on any atom is 0.0485 e. The van der Waals surface area contributed by atoms with Crippen molar-refractivity contribution >= 4 is 10.9 Å². The molecule has 0 spiro atoms. The highest BCUT2D eigenvalue weighted by Crippen LogP contribution is 2.45. The fraction of sp³-hybridized carbons (Fsp3) is 0.556. The van der Waals surface area contributed by atoms with Crippen molar-refractivity contribution in [3.8, 4) is 0 Å². The van der Waals surface area contributed by atoms with Crippen molar-refractivity contribution in [2.45, 2.75) is 45.1 Å². The smallest absolute Gasteiger partial charge is 0.0485 e. The van der Waals surface area contributed by atoms with Crippen LogP contribution in [-0.4, -0.2) is 30.1 Å². The third kappa shape index (κ3) is 1.98. The van der Waals surface area contributed by atoms with E-state index >= 15 is 0 Å². The SMILES string of the molecule is CCn1c2c(c3ccccc31)CCC2(C)CCN(C)C. The molecule has 20 heavy (non-hydrogen) atoms. The van der Waals surface area contributed by atoms with Gasteiger partial charge in [-0.3, -0.25) is 0 Å². The average Bonchev–Trinajstić information content (AvgIpc) is 2.94. The first-order valence-corrected chi connectivity index (χ1v) is 7.82. The quantitative estimate of drug-likeness (QED) is 0.820. The maximum absolute atomic E-state index is 2.56. The molecule has 2 aromatic rings. The molecule has 1 aliphatic carbocycles. The van der Waals surface area contributed by atoms with Crippen LogP contribution in [0.4, 0.5) is 0 Å². The third-order valence-electron chi connectivity index (χ3n) is 5.00. The van der Waals surface area contributed by atoms with E-state index in [1.165, 1.54) is 36.7 Å². The third-order valence-corrected chi connectivity index (χ3v) is 5.00. The van der Waals surface area contributed by atoms with E-state index in [0.717, 1.165) is 6.54 Å². The second-order valence-corrected chi connectivity index (χ2v) is 6.70. The molecule has 1 unspecified atom stereocenters. The highest BCUT2D eigenvalue weighted by Gasteiger charge is 2.38. The fourth-order valence-electron chi connectivity index (χ4n) is 3.88. The molecule has 1 heterocycles. The largest absolute Gasteiger partial charge is 0.344 e. The monoisotopic (exact) mass is 270 g/mol. The van der Waals surface area contributed by atoms with Gasteiger partial charge >= 0.3 is 0 Å². The van der Waals surface area contributed by atoms with Crippen LogP contribution in [0.2, 0.25) is 0 Å². The Morgan fingerprint density at radius 3 is 2.70 bits per heavy atom. The van der Waals surface area contributed by atoms with Gasteiger partial charge in [0.05, 0.1) is 0 Å². The van der Waals surface area contributed by atoms with Gasteiger partial charge in [-0.2, -0.15) is 0 Å². The summed E-state index contributed by atoms with van der Waals surface area (Å²) in [4.78, 5) is 2.31. The lowest BCUT2D eigenvalue weighted by Crippen LogP contribution is -2.28. The number of aryl methyl sites for hydroxylation is 2. The summed E-state index contributed by atoms with van der Waals surface area (Å²) in [5, 5.41) is 1.48. The Labute approximate surface area is 122 Å². The molecule has 0 saturated carbocycles. The fourth-order valence-corrected chi connectivity index (χ4v) is 3.88. The minimum absolute atomic E-state index is 0.342. The van der Waals surface area contributed by atoms with Crippen LogP contribution in [0.3, 0.4) is 0 Å². The lowest BCUT2D eigenvalue weighted by Gasteiger charge is -2.28. The maximum atomic E-state index is 2.56. The van der Waals surface area contributed by atoms with E-state index in [1.807, 2.05) is 0 Å². The summed E-state index contributed by atoms with van der Waals surface area (Å²) in [6, 6.07) is 8.93. The van der Waals surface area contributed by atoms with Crippen molar-refractivity contribution in [1.29, 1.82) is 0 Å². The number of aromatic nitrogens is 1. The van der Waals surface area contributed by atoms with Gasteiger partial charge in [-0.1, -0.05) is 25.1 Å². The van der Waals surface area contributed by atoms with Crippen molar-refractivity contribution in [2.24, 2.45) is 0 Å². The van der Waals surface area contributed by atoms with Crippen LogP contribution in [0.1, 0.15) is 37.9 Å². The highest BCUT2D eigenvalue weighted by atomic mass is 15.1. The predicted molar refractivity (Wildman–Crippen MR) is 86.5 cm³/mol. The molecule has 1 aromatic carbocycles. The van der Waals surface area contributed by atoms with Crippen molar-refractivity contribution in [2.75, 3.05) is 20.6 Å². The van der Waals surface area contributed by atoms with Gasteiger partial charge in [0, 0.05) is 28.6 Å². The Hall–Kier alpha value is -1.28. The molecular formula is C18H26N2. The lowest BCUT2D eigenvalue weighted by atomic mass is 9.84. The van der Waals surface area contributed by atoms with Gasteiger partial charge < -0.3 is 9.47 Å². The topological polar surface area (TPSA) is 8.17 Å². The average molecular weight is 270 g/mol. The second kappa shape index (κ2) is 4.92. The Bertz CT molecular complexity index is 609. The van der Waals surface area contributed by atoms with Crippen LogP contribution in [-0.2, 0) is 18.4 Å². The van der Waals surface area contributed by atoms with Gasteiger partial charge in [-0.05, 0) is 58.5 Å². The summed E-state index contributed by atoms with van der Waals surface area (Å²) in [6.07, 6.45) is 3.80. The summed E-state index contributed by atoms with van der Waals surface area (Å²) in [7, 11) is 4.35. The van der Waals surface area contributed by atoms with Crippen molar-refractivity contribution in [1.82, 2.24) is 9.47 Å². The number of hydrogen-bond donors (Lipinski definition) is 0. The molecule has 0 saturated heterocycles. The van der Waals surface area contributed by atoms with E-state index < -0.39 is 0 Å². The lowest BCUT2D eigenvalue weighted by molar-refractivity contribution is 0.318. The van der Waals surface area contributed by atoms with Crippen LogP contribution in [0, 0.1) is 0 Å². The van der Waals surface area contributed by atoms with Crippen LogP contribution < -0.4 is 0 Å². The molecule has 0 amide bonds. The molecule has 1 aromatic heterocycles. The first kappa shape index (κ1) is 13.7. The van der Waals surface area contributed by atoms with Crippen LogP contribution >= 0.6 is 0 Å². The zero-order valence-corrected chi connectivity index (χ0v) is 13.2. The Balaban J connectivity index is 2.12. The number of hydrogen-bond acceptors (Lipinski definition) is 1. The molecule has 108 valence electrons. The Morgan fingerprint density at radius 2 is 2.00 bits per heavy atom. The van der Waals surface area contributed by atoms with E-state index in [-0.39, 0.29) is 0 Å². The molecule has 0 N–H and O–H groups in total. The summed E-state index contributed by atoms with van der Waals surface area (Å²) in [5.74, 6) is 0. The van der Waals surface area contributed by atoms with Gasteiger partial charge in [-0.15, -0.1) is 0 Å². The van der Waals surface area contributed by atoms with Crippen LogP contribution in [0.15, 0.2) is 24.3 Å². The number of rotatable bonds is 4. The summed E-state index contributed by atoms with van der Waals surface area (Å²) >= 11 is 0. The normalized spacial score (nSPS) is 21.9. The first-order chi connectivity index (χ1) is 9.57. The Kier molecular flexibility index (Phi) is 3.37. The van der Waals surface area contributed by atoms with Crippen molar-refractivity contribution < 1.29 is 0 Å². The van der Waals surface area contributed by atoms with Crippen molar-refractivity contribution in [3.05, 3.63) is 35.5 Å². The van der Waals surface area contributed by atoms with Gasteiger partial charge in [-0.25, -0.2) is 0 Å². The van der Waals surface area contributed by atoms with Crippen LogP contribution in [0.25, 0.3) is 10.9 Å². The molecule has 2 nitrogen and oxygen atoms in total. The molecule has 0 aliphatic heterocycles. The molecule has 2 heteroatoms. The molecule has 1 atom stereocenters. The predicted octanol–water partition coefficient (Wildman–Crippen LogP) is 3.82. The van der Waals surface area contributed by atoms with Crippen LogP contribution in [0.5, 0.6) is 0 Å². The van der Waals surface area contributed by atoms with Gasteiger partial charge in [0.1, 0.15) is 0 Å². The zero-order chi connectivity index (χ0) is 14.3. The molecule has 1 aliphatic rings. The highest BCUT2D eigenvalue weighted by molar-refractivity contribution is 5.86. The van der Waals surface area contributed by atoms with Gasteiger partial charge in [0.2, 0.25) is 0 Å².